The lowest BCUT2D eigenvalue weighted by atomic mass is 9.87. The Morgan fingerprint density at radius 3 is 2.36 bits per heavy atom. The highest BCUT2D eigenvalue weighted by Crippen LogP contribution is 2.43. The van der Waals surface area contributed by atoms with E-state index in [1.54, 1.807) is 24.3 Å². The number of hydrogen-bond acceptors (Lipinski definition) is 3. The molecule has 1 atom stereocenters. The topological polar surface area (TPSA) is 21.7 Å². The summed E-state index contributed by atoms with van der Waals surface area (Å²) in [6.07, 6.45) is 0.783. The van der Waals surface area contributed by atoms with Gasteiger partial charge in [-0.05, 0) is 41.8 Å². The molecule has 5 heteroatoms. The molecule has 3 aromatic carbocycles. The summed E-state index contributed by atoms with van der Waals surface area (Å²) >= 11 is 0. The minimum atomic E-state index is -0.320. The molecule has 2 aliphatic heterocycles. The molecule has 2 heterocycles. The molecule has 0 aromatic heterocycles. The zero-order valence-electron chi connectivity index (χ0n) is 15.2. The van der Waals surface area contributed by atoms with Gasteiger partial charge in [0, 0.05) is 24.2 Å². The van der Waals surface area contributed by atoms with Crippen molar-refractivity contribution in [1.29, 1.82) is 0 Å². The lowest BCUT2D eigenvalue weighted by Gasteiger charge is -2.38. The molecule has 3 aromatic rings. The van der Waals surface area contributed by atoms with Crippen LogP contribution >= 0.6 is 0 Å². The van der Waals surface area contributed by atoms with E-state index in [2.05, 4.69) is 4.90 Å². The van der Waals surface area contributed by atoms with E-state index in [9.17, 15) is 8.78 Å². The molecule has 0 radical (unpaired) electrons. The minimum absolute atomic E-state index is 0.196. The van der Waals surface area contributed by atoms with E-state index < -0.39 is 0 Å². The molecule has 142 valence electrons. The Bertz CT molecular complexity index is 1040. The third-order valence-corrected chi connectivity index (χ3v) is 5.49. The molecule has 0 fully saturated rings. The minimum Gasteiger partial charge on any atom is -0.454 e. The fourth-order valence-electron chi connectivity index (χ4n) is 4.14. The Morgan fingerprint density at radius 2 is 1.57 bits per heavy atom. The summed E-state index contributed by atoms with van der Waals surface area (Å²) in [5.41, 5.74) is 3.28. The van der Waals surface area contributed by atoms with Gasteiger partial charge in [0.05, 0.1) is 6.04 Å². The number of benzene rings is 3. The van der Waals surface area contributed by atoms with Gasteiger partial charge in [0.2, 0.25) is 6.79 Å². The van der Waals surface area contributed by atoms with Crippen LogP contribution < -0.4 is 9.47 Å². The molecule has 0 N–H and O–H groups in total. The predicted molar refractivity (Wildman–Crippen MR) is 101 cm³/mol. The Kier molecular flexibility index (Phi) is 4.24. The average molecular weight is 379 g/mol. The molecule has 1 unspecified atom stereocenters. The predicted octanol–water partition coefficient (Wildman–Crippen LogP) is 4.84. The quantitative estimate of drug-likeness (QED) is 0.650. The average Bonchev–Trinajstić information content (AvgIpc) is 3.16. The van der Waals surface area contributed by atoms with E-state index in [4.69, 9.17) is 9.47 Å². The molecular formula is C23H19F2NO2. The summed E-state index contributed by atoms with van der Waals surface area (Å²) in [4.78, 5) is 2.13. The Balaban J connectivity index is 1.62. The van der Waals surface area contributed by atoms with Crippen molar-refractivity contribution in [1.82, 2.24) is 4.90 Å². The van der Waals surface area contributed by atoms with Gasteiger partial charge < -0.3 is 9.47 Å². The maximum atomic E-state index is 14.8. The number of nitrogens with zero attached hydrogens (tertiary/aromatic N) is 1. The summed E-state index contributed by atoms with van der Waals surface area (Å²) in [6, 6.07) is 17.2. The molecule has 2 aliphatic rings. The SMILES string of the molecule is Fc1ccccc1CN1CCc2cc3c(cc2C1c1ccccc1F)OCO3. The zero-order chi connectivity index (χ0) is 19.1. The Morgan fingerprint density at radius 1 is 0.857 bits per heavy atom. The maximum absolute atomic E-state index is 14.8. The maximum Gasteiger partial charge on any atom is 0.231 e. The molecule has 3 nitrogen and oxygen atoms in total. The Hall–Kier alpha value is -2.92. The molecule has 0 amide bonds. The van der Waals surface area contributed by atoms with Crippen LogP contribution in [0.25, 0.3) is 0 Å². The summed E-state index contributed by atoms with van der Waals surface area (Å²) in [7, 11) is 0. The highest BCUT2D eigenvalue weighted by atomic mass is 19.1. The lowest BCUT2D eigenvalue weighted by molar-refractivity contribution is 0.173. The molecule has 28 heavy (non-hydrogen) atoms. The van der Waals surface area contributed by atoms with Crippen molar-refractivity contribution < 1.29 is 18.3 Å². The number of ether oxygens (including phenoxy) is 2. The van der Waals surface area contributed by atoms with E-state index in [0.29, 0.717) is 30.0 Å². The van der Waals surface area contributed by atoms with E-state index in [0.717, 1.165) is 23.3 Å². The summed E-state index contributed by atoms with van der Waals surface area (Å²) < 4.78 is 40.1. The van der Waals surface area contributed by atoms with Gasteiger partial charge >= 0.3 is 0 Å². The second-order valence-electron chi connectivity index (χ2n) is 7.14. The van der Waals surface area contributed by atoms with Crippen LogP contribution in [0.5, 0.6) is 11.5 Å². The van der Waals surface area contributed by atoms with Gasteiger partial charge in [0.15, 0.2) is 11.5 Å². The van der Waals surface area contributed by atoms with E-state index in [-0.39, 0.29) is 24.5 Å². The molecule has 5 rings (SSSR count). The lowest BCUT2D eigenvalue weighted by Crippen LogP contribution is -2.36. The monoisotopic (exact) mass is 379 g/mol. The molecule has 0 spiro atoms. The van der Waals surface area contributed by atoms with Crippen LogP contribution in [-0.4, -0.2) is 18.2 Å². The summed E-state index contributed by atoms with van der Waals surface area (Å²) in [6.45, 7) is 1.29. The van der Waals surface area contributed by atoms with Crippen LogP contribution in [0.2, 0.25) is 0 Å². The van der Waals surface area contributed by atoms with E-state index in [1.165, 1.54) is 12.1 Å². The molecule has 0 bridgehead atoms. The van der Waals surface area contributed by atoms with E-state index >= 15 is 0 Å². The van der Waals surface area contributed by atoms with Crippen LogP contribution in [0.1, 0.15) is 28.3 Å². The molecule has 0 saturated heterocycles. The first-order valence-electron chi connectivity index (χ1n) is 9.35. The van der Waals surface area contributed by atoms with Crippen LogP contribution in [0, 0.1) is 11.6 Å². The first-order valence-corrected chi connectivity index (χ1v) is 9.35. The first kappa shape index (κ1) is 17.2. The third kappa shape index (κ3) is 2.92. The van der Waals surface area contributed by atoms with Gasteiger partial charge in [-0.25, -0.2) is 8.78 Å². The Labute approximate surface area is 162 Å². The fourth-order valence-corrected chi connectivity index (χ4v) is 4.14. The largest absolute Gasteiger partial charge is 0.454 e. The van der Waals surface area contributed by atoms with Crippen molar-refractivity contribution in [2.24, 2.45) is 0 Å². The zero-order valence-corrected chi connectivity index (χ0v) is 15.2. The van der Waals surface area contributed by atoms with E-state index in [1.807, 2.05) is 24.3 Å². The second kappa shape index (κ2) is 6.91. The highest BCUT2D eigenvalue weighted by Gasteiger charge is 2.33. The van der Waals surface area contributed by atoms with Crippen molar-refractivity contribution in [2.45, 2.75) is 19.0 Å². The smallest absolute Gasteiger partial charge is 0.231 e. The summed E-state index contributed by atoms with van der Waals surface area (Å²) in [5, 5.41) is 0. The van der Waals surface area contributed by atoms with Crippen LogP contribution in [-0.2, 0) is 13.0 Å². The molecular weight excluding hydrogens is 360 g/mol. The van der Waals surface area contributed by atoms with Crippen molar-refractivity contribution in [3.63, 3.8) is 0 Å². The number of halogens is 2. The normalized spacial score (nSPS) is 18.1. The van der Waals surface area contributed by atoms with Crippen molar-refractivity contribution >= 4 is 0 Å². The third-order valence-electron chi connectivity index (χ3n) is 5.49. The molecule has 0 aliphatic carbocycles. The van der Waals surface area contributed by atoms with Crippen molar-refractivity contribution in [3.05, 3.63) is 94.6 Å². The van der Waals surface area contributed by atoms with Crippen LogP contribution in [0.15, 0.2) is 60.7 Å². The van der Waals surface area contributed by atoms with Crippen molar-refractivity contribution in [3.8, 4) is 11.5 Å². The van der Waals surface area contributed by atoms with Gasteiger partial charge in [-0.2, -0.15) is 0 Å². The van der Waals surface area contributed by atoms with Crippen LogP contribution in [0.3, 0.4) is 0 Å². The van der Waals surface area contributed by atoms with Gasteiger partial charge in [0.25, 0.3) is 0 Å². The fraction of sp³-hybridized carbons (Fsp3) is 0.217. The highest BCUT2D eigenvalue weighted by molar-refractivity contribution is 5.52. The number of rotatable bonds is 3. The van der Waals surface area contributed by atoms with Gasteiger partial charge in [0.1, 0.15) is 11.6 Å². The first-order chi connectivity index (χ1) is 13.7. The number of hydrogen-bond donors (Lipinski definition) is 0. The standard InChI is InChI=1S/C23H19F2NO2/c24-19-7-3-1-5-16(19)13-26-10-9-15-11-21-22(28-14-27-21)12-18(15)23(26)17-6-2-4-8-20(17)25/h1-8,11-12,23H,9-10,13-14H2. The number of fused-ring (bicyclic) bond motifs is 2. The van der Waals surface area contributed by atoms with Gasteiger partial charge in [-0.3, -0.25) is 4.90 Å². The molecule has 0 saturated carbocycles. The van der Waals surface area contributed by atoms with Gasteiger partial charge in [-0.1, -0.05) is 36.4 Å². The second-order valence-corrected chi connectivity index (χ2v) is 7.14. The summed E-state index contributed by atoms with van der Waals surface area (Å²) in [5.74, 6) is 0.893. The van der Waals surface area contributed by atoms with Crippen molar-refractivity contribution in [2.75, 3.05) is 13.3 Å². The van der Waals surface area contributed by atoms with Crippen LogP contribution in [0.4, 0.5) is 8.78 Å². The van der Waals surface area contributed by atoms with Gasteiger partial charge in [-0.15, -0.1) is 0 Å².